The summed E-state index contributed by atoms with van der Waals surface area (Å²) in [5.74, 6) is 0.916. The molecule has 5 nitrogen and oxygen atoms in total. The first-order chi connectivity index (χ1) is 9.18. The van der Waals surface area contributed by atoms with E-state index in [4.69, 9.17) is 0 Å². The van der Waals surface area contributed by atoms with Gasteiger partial charge in [0.05, 0.1) is 17.6 Å². The van der Waals surface area contributed by atoms with E-state index < -0.39 is 0 Å². The lowest BCUT2D eigenvalue weighted by Gasteiger charge is -2.25. The summed E-state index contributed by atoms with van der Waals surface area (Å²) < 4.78 is 1.77. The second-order valence-corrected chi connectivity index (χ2v) is 5.48. The lowest BCUT2D eigenvalue weighted by molar-refractivity contribution is 0.743. The zero-order chi connectivity index (χ0) is 13.4. The number of thiophene rings is 1. The van der Waals surface area contributed by atoms with Gasteiger partial charge in [-0.05, 0) is 18.4 Å². The molecule has 0 saturated carbocycles. The van der Waals surface area contributed by atoms with Gasteiger partial charge in [-0.1, -0.05) is 6.07 Å². The Bertz CT molecular complexity index is 688. The fourth-order valence-electron chi connectivity index (χ4n) is 2.13. The van der Waals surface area contributed by atoms with Gasteiger partial charge in [-0.15, -0.1) is 11.3 Å². The van der Waals surface area contributed by atoms with E-state index >= 15 is 0 Å². The van der Waals surface area contributed by atoms with Crippen molar-refractivity contribution in [3.63, 3.8) is 0 Å². The maximum absolute atomic E-state index is 4.42. The zero-order valence-electron chi connectivity index (χ0n) is 11.1. The Morgan fingerprint density at radius 1 is 1.37 bits per heavy atom. The molecule has 0 aliphatic heterocycles. The van der Waals surface area contributed by atoms with Gasteiger partial charge < -0.3 is 4.90 Å². The third kappa shape index (κ3) is 1.98. The molecule has 0 spiro atoms. The molecule has 3 heterocycles. The lowest BCUT2D eigenvalue weighted by atomic mass is 10.2. The standard InChI is InChI=1S/C13H15N5S/c1-9(11-5-4-6-19-11)17(2)12-10-7-16-18(3)13(10)15-8-14-12/h4-9H,1-3H3/t9-/m0/s1. The minimum absolute atomic E-state index is 0.276. The first-order valence-corrected chi connectivity index (χ1v) is 6.95. The molecule has 3 rings (SSSR count). The van der Waals surface area contributed by atoms with Crippen molar-refractivity contribution in [2.75, 3.05) is 11.9 Å². The van der Waals surface area contributed by atoms with Gasteiger partial charge in [-0.25, -0.2) is 9.97 Å². The normalized spacial score (nSPS) is 12.8. The number of nitrogens with zero attached hydrogens (tertiary/aromatic N) is 5. The van der Waals surface area contributed by atoms with Crippen LogP contribution in [0.4, 0.5) is 5.82 Å². The van der Waals surface area contributed by atoms with E-state index in [2.05, 4.69) is 51.5 Å². The van der Waals surface area contributed by atoms with Gasteiger partial charge in [-0.3, -0.25) is 4.68 Å². The van der Waals surface area contributed by atoms with Gasteiger partial charge >= 0.3 is 0 Å². The molecule has 0 radical (unpaired) electrons. The van der Waals surface area contributed by atoms with Gasteiger partial charge in [0.15, 0.2) is 5.65 Å². The van der Waals surface area contributed by atoms with Crippen molar-refractivity contribution in [1.82, 2.24) is 19.7 Å². The lowest BCUT2D eigenvalue weighted by Crippen LogP contribution is -2.22. The van der Waals surface area contributed by atoms with Crippen molar-refractivity contribution in [2.24, 2.45) is 7.05 Å². The predicted octanol–water partition coefficient (Wildman–Crippen LogP) is 2.62. The summed E-state index contributed by atoms with van der Waals surface area (Å²) in [7, 11) is 3.95. The molecule has 19 heavy (non-hydrogen) atoms. The molecule has 6 heteroatoms. The molecule has 98 valence electrons. The highest BCUT2D eigenvalue weighted by atomic mass is 32.1. The molecule has 0 unspecified atom stereocenters. The van der Waals surface area contributed by atoms with Crippen LogP contribution in [-0.4, -0.2) is 26.8 Å². The fraction of sp³-hybridized carbons (Fsp3) is 0.308. The number of rotatable bonds is 3. The highest BCUT2D eigenvalue weighted by Crippen LogP contribution is 2.30. The second kappa shape index (κ2) is 4.62. The van der Waals surface area contributed by atoms with Crippen LogP contribution in [0.5, 0.6) is 0 Å². The van der Waals surface area contributed by atoms with Crippen molar-refractivity contribution in [2.45, 2.75) is 13.0 Å². The molecule has 0 aliphatic rings. The van der Waals surface area contributed by atoms with E-state index in [-0.39, 0.29) is 6.04 Å². The van der Waals surface area contributed by atoms with Crippen LogP contribution in [-0.2, 0) is 7.05 Å². The summed E-state index contributed by atoms with van der Waals surface area (Å²) in [6.07, 6.45) is 3.42. The average molecular weight is 273 g/mol. The van der Waals surface area contributed by atoms with Gasteiger partial charge in [0, 0.05) is 19.0 Å². The molecule has 3 aromatic rings. The van der Waals surface area contributed by atoms with Crippen molar-refractivity contribution >= 4 is 28.2 Å². The summed E-state index contributed by atoms with van der Waals surface area (Å²) in [6.45, 7) is 2.18. The van der Waals surface area contributed by atoms with E-state index in [9.17, 15) is 0 Å². The smallest absolute Gasteiger partial charge is 0.163 e. The van der Waals surface area contributed by atoms with Crippen LogP contribution in [0.25, 0.3) is 11.0 Å². The van der Waals surface area contributed by atoms with Crippen LogP contribution >= 0.6 is 11.3 Å². The number of fused-ring (bicyclic) bond motifs is 1. The Balaban J connectivity index is 2.04. The van der Waals surface area contributed by atoms with Crippen LogP contribution in [0.15, 0.2) is 30.0 Å². The topological polar surface area (TPSA) is 46.8 Å². The van der Waals surface area contributed by atoms with Crippen LogP contribution in [0, 0.1) is 0 Å². The van der Waals surface area contributed by atoms with Crippen LogP contribution in [0.3, 0.4) is 0 Å². The summed E-state index contributed by atoms with van der Waals surface area (Å²) in [5.41, 5.74) is 0.857. The van der Waals surface area contributed by atoms with Crippen LogP contribution < -0.4 is 4.90 Å². The second-order valence-electron chi connectivity index (χ2n) is 4.51. The molecule has 0 amide bonds. The number of aryl methyl sites for hydroxylation is 1. The monoisotopic (exact) mass is 273 g/mol. The Morgan fingerprint density at radius 3 is 2.95 bits per heavy atom. The van der Waals surface area contributed by atoms with E-state index in [1.807, 2.05) is 13.2 Å². The van der Waals surface area contributed by atoms with Gasteiger partial charge in [-0.2, -0.15) is 5.10 Å². The molecular weight excluding hydrogens is 258 g/mol. The maximum Gasteiger partial charge on any atom is 0.163 e. The summed E-state index contributed by atoms with van der Waals surface area (Å²) in [5, 5.41) is 7.33. The fourth-order valence-corrected chi connectivity index (χ4v) is 2.96. The summed E-state index contributed by atoms with van der Waals surface area (Å²) in [4.78, 5) is 12.2. The van der Waals surface area contributed by atoms with Crippen LogP contribution in [0.2, 0.25) is 0 Å². The molecule has 1 atom stereocenters. The third-order valence-corrected chi connectivity index (χ3v) is 4.42. The van der Waals surface area contributed by atoms with E-state index in [0.29, 0.717) is 0 Å². The molecule has 3 aromatic heterocycles. The van der Waals surface area contributed by atoms with Crippen LogP contribution in [0.1, 0.15) is 17.8 Å². The third-order valence-electron chi connectivity index (χ3n) is 3.38. The summed E-state index contributed by atoms with van der Waals surface area (Å²) in [6, 6.07) is 4.50. The van der Waals surface area contributed by atoms with Crippen molar-refractivity contribution < 1.29 is 0 Å². The van der Waals surface area contributed by atoms with E-state index in [1.165, 1.54) is 4.88 Å². The van der Waals surface area contributed by atoms with Gasteiger partial charge in [0.25, 0.3) is 0 Å². The molecule has 0 N–H and O–H groups in total. The Hall–Kier alpha value is -1.95. The number of aromatic nitrogens is 4. The quantitative estimate of drug-likeness (QED) is 0.736. The Labute approximate surface area is 115 Å². The average Bonchev–Trinajstić information content (AvgIpc) is 3.07. The van der Waals surface area contributed by atoms with Crippen molar-refractivity contribution in [1.29, 1.82) is 0 Å². The molecule has 0 fully saturated rings. The molecule has 0 aromatic carbocycles. The van der Waals surface area contributed by atoms with Crippen molar-refractivity contribution in [3.8, 4) is 0 Å². The molecule has 0 bridgehead atoms. The number of hydrogen-bond donors (Lipinski definition) is 0. The van der Waals surface area contributed by atoms with Gasteiger partial charge in [0.1, 0.15) is 12.1 Å². The van der Waals surface area contributed by atoms with E-state index in [1.54, 1.807) is 22.3 Å². The van der Waals surface area contributed by atoms with E-state index in [0.717, 1.165) is 16.9 Å². The van der Waals surface area contributed by atoms with Gasteiger partial charge in [0.2, 0.25) is 0 Å². The number of hydrogen-bond acceptors (Lipinski definition) is 5. The molecule has 0 saturated heterocycles. The summed E-state index contributed by atoms with van der Waals surface area (Å²) >= 11 is 1.76. The SMILES string of the molecule is C[C@@H](c1cccs1)N(C)c1ncnc2c1cnn2C. The maximum atomic E-state index is 4.42. The number of anilines is 1. The Morgan fingerprint density at radius 2 is 2.21 bits per heavy atom. The first kappa shape index (κ1) is 12.1. The zero-order valence-corrected chi connectivity index (χ0v) is 11.9. The first-order valence-electron chi connectivity index (χ1n) is 6.07. The molecule has 0 aliphatic carbocycles. The largest absolute Gasteiger partial charge is 0.351 e. The Kier molecular flexibility index (Phi) is 2.94. The molecular formula is C13H15N5S. The minimum Gasteiger partial charge on any atom is -0.351 e. The minimum atomic E-state index is 0.276. The highest BCUT2D eigenvalue weighted by molar-refractivity contribution is 7.10. The predicted molar refractivity (Wildman–Crippen MR) is 77.4 cm³/mol. The van der Waals surface area contributed by atoms with Crippen molar-refractivity contribution in [3.05, 3.63) is 34.9 Å². The highest BCUT2D eigenvalue weighted by Gasteiger charge is 2.18.